The monoisotopic (exact) mass is 193 g/mol. The summed E-state index contributed by atoms with van der Waals surface area (Å²) in [5.74, 6) is 0.782. The highest BCUT2D eigenvalue weighted by Gasteiger charge is 2.02. The molecule has 5 heteroatoms. The van der Waals surface area contributed by atoms with Crippen molar-refractivity contribution in [1.82, 2.24) is 14.7 Å². The molecule has 0 saturated carbocycles. The van der Waals surface area contributed by atoms with Gasteiger partial charge in [0.15, 0.2) is 5.76 Å². The predicted octanol–water partition coefficient (Wildman–Crippen LogP) is 0.720. The summed E-state index contributed by atoms with van der Waals surface area (Å²) in [4.78, 5) is 3.99. The molecule has 0 atom stereocenters. The lowest BCUT2D eigenvalue weighted by molar-refractivity contribution is 0.277. The van der Waals surface area contributed by atoms with Crippen molar-refractivity contribution in [3.05, 3.63) is 35.7 Å². The zero-order valence-electron chi connectivity index (χ0n) is 7.84. The van der Waals surface area contributed by atoms with Crippen molar-refractivity contribution < 1.29 is 9.63 Å². The quantitative estimate of drug-likeness (QED) is 0.780. The maximum atomic E-state index is 8.81. The Hall–Kier alpha value is -1.62. The largest absolute Gasteiger partial charge is 0.390 e. The van der Waals surface area contributed by atoms with Crippen LogP contribution >= 0.6 is 0 Å². The third-order valence-electron chi connectivity index (χ3n) is 1.86. The van der Waals surface area contributed by atoms with E-state index in [1.807, 2.05) is 17.6 Å². The average Bonchev–Trinajstić information content (AvgIpc) is 2.76. The zero-order valence-corrected chi connectivity index (χ0v) is 7.84. The molecule has 74 valence electrons. The molecule has 0 aromatic carbocycles. The van der Waals surface area contributed by atoms with Crippen LogP contribution in [0.25, 0.3) is 0 Å². The van der Waals surface area contributed by atoms with Gasteiger partial charge in [0.05, 0.1) is 30.9 Å². The van der Waals surface area contributed by atoms with Crippen molar-refractivity contribution >= 4 is 0 Å². The van der Waals surface area contributed by atoms with Crippen molar-refractivity contribution in [1.29, 1.82) is 0 Å². The van der Waals surface area contributed by atoms with E-state index < -0.39 is 0 Å². The summed E-state index contributed by atoms with van der Waals surface area (Å²) >= 11 is 0. The van der Waals surface area contributed by atoms with Gasteiger partial charge in [0.25, 0.3) is 0 Å². The van der Waals surface area contributed by atoms with Crippen molar-refractivity contribution in [3.63, 3.8) is 0 Å². The first-order valence-electron chi connectivity index (χ1n) is 4.31. The molecular weight excluding hydrogens is 182 g/mol. The van der Waals surface area contributed by atoms with Crippen LogP contribution in [0.2, 0.25) is 0 Å². The Morgan fingerprint density at radius 1 is 1.57 bits per heavy atom. The minimum atomic E-state index is -0.0393. The SMILES string of the molecule is Cc1cc(Cn2cnc(CO)c2)on1. The first-order chi connectivity index (χ1) is 6.78. The number of aromatic nitrogens is 3. The van der Waals surface area contributed by atoms with E-state index in [-0.39, 0.29) is 6.61 Å². The smallest absolute Gasteiger partial charge is 0.156 e. The van der Waals surface area contributed by atoms with Gasteiger partial charge in [-0.15, -0.1) is 0 Å². The molecule has 14 heavy (non-hydrogen) atoms. The summed E-state index contributed by atoms with van der Waals surface area (Å²) in [6, 6.07) is 1.87. The fraction of sp³-hybridized carbons (Fsp3) is 0.333. The molecule has 2 heterocycles. The van der Waals surface area contributed by atoms with Gasteiger partial charge in [-0.2, -0.15) is 0 Å². The molecule has 0 saturated heterocycles. The summed E-state index contributed by atoms with van der Waals surface area (Å²) in [5, 5.41) is 12.6. The molecule has 0 amide bonds. The molecule has 0 spiro atoms. The Morgan fingerprint density at radius 3 is 3.00 bits per heavy atom. The summed E-state index contributed by atoms with van der Waals surface area (Å²) < 4.78 is 6.89. The van der Waals surface area contributed by atoms with Crippen LogP contribution in [0.1, 0.15) is 17.1 Å². The van der Waals surface area contributed by atoms with Crippen LogP contribution < -0.4 is 0 Å². The Kier molecular flexibility index (Phi) is 2.32. The van der Waals surface area contributed by atoms with E-state index in [0.717, 1.165) is 11.5 Å². The molecular formula is C9H11N3O2. The Labute approximate surface area is 81.0 Å². The van der Waals surface area contributed by atoms with Crippen LogP contribution in [0.15, 0.2) is 23.1 Å². The number of rotatable bonds is 3. The number of hydrogen-bond acceptors (Lipinski definition) is 4. The molecule has 0 aliphatic heterocycles. The lowest BCUT2D eigenvalue weighted by Gasteiger charge is -1.95. The molecule has 0 bridgehead atoms. The fourth-order valence-corrected chi connectivity index (χ4v) is 1.25. The summed E-state index contributed by atoms with van der Waals surface area (Å²) in [6.07, 6.45) is 3.43. The normalized spacial score (nSPS) is 10.7. The molecule has 0 aliphatic rings. The highest BCUT2D eigenvalue weighted by Crippen LogP contribution is 2.05. The van der Waals surface area contributed by atoms with Gasteiger partial charge < -0.3 is 14.2 Å². The molecule has 0 aliphatic carbocycles. The molecule has 2 aromatic heterocycles. The second-order valence-corrected chi connectivity index (χ2v) is 3.13. The third-order valence-corrected chi connectivity index (χ3v) is 1.86. The standard InChI is InChI=1S/C9H11N3O2/c1-7-2-9(14-11-7)4-12-3-8(5-13)10-6-12/h2-3,6,13H,4-5H2,1H3. The van der Waals surface area contributed by atoms with Gasteiger partial charge in [-0.05, 0) is 6.92 Å². The number of aliphatic hydroxyl groups is 1. The summed E-state index contributed by atoms with van der Waals surface area (Å²) in [5.41, 5.74) is 1.52. The number of aliphatic hydroxyl groups excluding tert-OH is 1. The van der Waals surface area contributed by atoms with Crippen LogP contribution in [0.4, 0.5) is 0 Å². The molecule has 0 radical (unpaired) electrons. The van der Waals surface area contributed by atoms with E-state index in [1.54, 1.807) is 12.5 Å². The highest BCUT2D eigenvalue weighted by atomic mass is 16.5. The van der Waals surface area contributed by atoms with Crippen LogP contribution in [0, 0.1) is 6.92 Å². The molecule has 0 fully saturated rings. The van der Waals surface area contributed by atoms with Gasteiger partial charge in [0.1, 0.15) is 0 Å². The summed E-state index contributed by atoms with van der Waals surface area (Å²) in [6.45, 7) is 2.43. The van der Waals surface area contributed by atoms with Gasteiger partial charge >= 0.3 is 0 Å². The lowest BCUT2D eigenvalue weighted by atomic mass is 10.4. The van der Waals surface area contributed by atoms with E-state index >= 15 is 0 Å². The number of imidazole rings is 1. The predicted molar refractivity (Wildman–Crippen MR) is 48.5 cm³/mol. The van der Waals surface area contributed by atoms with Gasteiger partial charge in [-0.25, -0.2) is 4.98 Å². The molecule has 2 aromatic rings. The topological polar surface area (TPSA) is 64.1 Å². The molecule has 1 N–H and O–H groups in total. The second kappa shape index (κ2) is 3.63. The van der Waals surface area contributed by atoms with E-state index in [9.17, 15) is 0 Å². The molecule has 0 unspecified atom stereocenters. The molecule has 2 rings (SSSR count). The minimum Gasteiger partial charge on any atom is -0.390 e. The number of nitrogens with zero attached hydrogens (tertiary/aromatic N) is 3. The zero-order chi connectivity index (χ0) is 9.97. The average molecular weight is 193 g/mol. The van der Waals surface area contributed by atoms with Crippen LogP contribution in [-0.2, 0) is 13.2 Å². The fourth-order valence-electron chi connectivity index (χ4n) is 1.25. The van der Waals surface area contributed by atoms with Gasteiger partial charge in [0, 0.05) is 12.3 Å². The van der Waals surface area contributed by atoms with Crippen molar-refractivity contribution in [3.8, 4) is 0 Å². The molecule has 5 nitrogen and oxygen atoms in total. The van der Waals surface area contributed by atoms with Crippen LogP contribution in [0.5, 0.6) is 0 Å². The first kappa shape index (κ1) is 8.96. The van der Waals surface area contributed by atoms with Crippen molar-refractivity contribution in [2.75, 3.05) is 0 Å². The van der Waals surface area contributed by atoms with Crippen molar-refractivity contribution in [2.45, 2.75) is 20.1 Å². The lowest BCUT2D eigenvalue weighted by Crippen LogP contribution is -1.94. The first-order valence-corrected chi connectivity index (χ1v) is 4.31. The van der Waals surface area contributed by atoms with Crippen molar-refractivity contribution in [2.24, 2.45) is 0 Å². The Balaban J connectivity index is 2.10. The van der Waals surface area contributed by atoms with E-state index in [2.05, 4.69) is 10.1 Å². The van der Waals surface area contributed by atoms with E-state index in [4.69, 9.17) is 9.63 Å². The Bertz CT molecular complexity index is 419. The van der Waals surface area contributed by atoms with E-state index in [0.29, 0.717) is 12.2 Å². The maximum absolute atomic E-state index is 8.81. The minimum absolute atomic E-state index is 0.0393. The summed E-state index contributed by atoms with van der Waals surface area (Å²) in [7, 11) is 0. The van der Waals surface area contributed by atoms with Gasteiger partial charge in [-0.1, -0.05) is 5.16 Å². The van der Waals surface area contributed by atoms with Gasteiger partial charge in [0.2, 0.25) is 0 Å². The number of aryl methyl sites for hydroxylation is 1. The van der Waals surface area contributed by atoms with Crippen LogP contribution in [-0.4, -0.2) is 19.8 Å². The second-order valence-electron chi connectivity index (χ2n) is 3.13. The van der Waals surface area contributed by atoms with E-state index in [1.165, 1.54) is 0 Å². The number of hydrogen-bond donors (Lipinski definition) is 1. The van der Waals surface area contributed by atoms with Crippen LogP contribution in [0.3, 0.4) is 0 Å². The Morgan fingerprint density at radius 2 is 2.43 bits per heavy atom. The maximum Gasteiger partial charge on any atom is 0.156 e. The third kappa shape index (κ3) is 1.82. The van der Waals surface area contributed by atoms with Gasteiger partial charge in [-0.3, -0.25) is 0 Å². The highest BCUT2D eigenvalue weighted by molar-refractivity contribution is 5.05.